The predicted molar refractivity (Wildman–Crippen MR) is 79.8 cm³/mol. The van der Waals surface area contributed by atoms with Crippen LogP contribution in [0.4, 0.5) is 0 Å². The van der Waals surface area contributed by atoms with Gasteiger partial charge in [0.05, 0.1) is 10.6 Å². The van der Waals surface area contributed by atoms with Crippen molar-refractivity contribution in [3.05, 3.63) is 57.8 Å². The molecule has 0 aliphatic carbocycles. The van der Waals surface area contributed by atoms with Crippen molar-refractivity contribution in [1.29, 1.82) is 0 Å². The van der Waals surface area contributed by atoms with Gasteiger partial charge in [0, 0.05) is 0 Å². The third-order valence-corrected chi connectivity index (χ3v) is 3.63. The quantitative estimate of drug-likeness (QED) is 0.670. The third kappa shape index (κ3) is 3.51. The molecule has 2 rings (SSSR count). The minimum Gasteiger partial charge on any atom is -0.266 e. The van der Waals surface area contributed by atoms with Gasteiger partial charge in [-0.2, -0.15) is 5.10 Å². The van der Waals surface area contributed by atoms with E-state index in [9.17, 15) is 4.79 Å². The number of benzene rings is 1. The molecule has 1 amide bonds. The van der Waals surface area contributed by atoms with E-state index in [1.54, 1.807) is 6.07 Å². The Morgan fingerprint density at radius 2 is 2.00 bits per heavy atom. The van der Waals surface area contributed by atoms with Crippen LogP contribution in [0.25, 0.3) is 0 Å². The number of nitrogens with one attached hydrogen (secondary N) is 1. The van der Waals surface area contributed by atoms with Gasteiger partial charge in [0.15, 0.2) is 0 Å². The minimum atomic E-state index is -0.159. The molecule has 0 unspecified atom stereocenters. The van der Waals surface area contributed by atoms with E-state index in [0.717, 1.165) is 17.7 Å². The first kappa shape index (κ1) is 13.5. The highest BCUT2D eigenvalue weighted by atomic mass is 32.1. The van der Waals surface area contributed by atoms with Crippen LogP contribution in [-0.2, 0) is 0 Å². The molecule has 0 radical (unpaired) electrons. The maximum atomic E-state index is 11.8. The van der Waals surface area contributed by atoms with Gasteiger partial charge in [-0.15, -0.1) is 11.3 Å². The van der Waals surface area contributed by atoms with Gasteiger partial charge in [0.25, 0.3) is 5.91 Å². The Hall–Kier alpha value is -1.94. The molecule has 0 bridgehead atoms. The van der Waals surface area contributed by atoms with Crippen molar-refractivity contribution in [1.82, 2.24) is 5.43 Å². The summed E-state index contributed by atoms with van der Waals surface area (Å²) in [4.78, 5) is 12.5. The van der Waals surface area contributed by atoms with Crippen LogP contribution in [-0.4, -0.2) is 11.6 Å². The molecule has 0 saturated heterocycles. The Morgan fingerprint density at radius 1 is 1.26 bits per heavy atom. The summed E-state index contributed by atoms with van der Waals surface area (Å²) in [7, 11) is 0. The molecule has 2 aromatic rings. The molecule has 19 heavy (non-hydrogen) atoms. The summed E-state index contributed by atoms with van der Waals surface area (Å²) in [5.74, 6) is -0.159. The number of rotatable bonds is 4. The van der Waals surface area contributed by atoms with Gasteiger partial charge >= 0.3 is 0 Å². The van der Waals surface area contributed by atoms with Crippen LogP contribution >= 0.6 is 11.3 Å². The van der Waals surface area contributed by atoms with Gasteiger partial charge in [-0.25, -0.2) is 5.43 Å². The molecule has 1 aromatic carbocycles. The van der Waals surface area contributed by atoms with E-state index in [1.807, 2.05) is 49.6 Å². The Bertz CT molecular complexity index is 571. The highest BCUT2D eigenvalue weighted by Gasteiger charge is 2.06. The molecule has 4 heteroatoms. The van der Waals surface area contributed by atoms with Gasteiger partial charge in [0.1, 0.15) is 0 Å². The number of carbonyl (C=O) groups is 1. The molecule has 0 fully saturated rings. The van der Waals surface area contributed by atoms with Gasteiger partial charge in [-0.3, -0.25) is 4.79 Å². The van der Waals surface area contributed by atoms with Crippen LogP contribution < -0.4 is 5.43 Å². The molecule has 1 heterocycles. The van der Waals surface area contributed by atoms with Crippen molar-refractivity contribution < 1.29 is 4.79 Å². The van der Waals surface area contributed by atoms with Crippen LogP contribution in [0.3, 0.4) is 0 Å². The zero-order valence-electron chi connectivity index (χ0n) is 11.0. The third-order valence-electron chi connectivity index (χ3n) is 2.76. The van der Waals surface area contributed by atoms with Crippen LogP contribution in [0, 0.1) is 6.92 Å². The molecule has 0 aliphatic rings. The first-order valence-corrected chi connectivity index (χ1v) is 7.06. The number of hydrogen-bond acceptors (Lipinski definition) is 3. The fourth-order valence-electron chi connectivity index (χ4n) is 1.67. The van der Waals surface area contributed by atoms with E-state index in [2.05, 4.69) is 10.5 Å². The lowest BCUT2D eigenvalue weighted by atomic mass is 10.1. The highest BCUT2D eigenvalue weighted by Crippen LogP contribution is 2.09. The lowest BCUT2D eigenvalue weighted by molar-refractivity contribution is 0.0959. The maximum absolute atomic E-state index is 11.8. The largest absolute Gasteiger partial charge is 0.281 e. The molecule has 1 N–H and O–H groups in total. The van der Waals surface area contributed by atoms with E-state index in [0.29, 0.717) is 4.88 Å². The number of hydrazone groups is 1. The van der Waals surface area contributed by atoms with Crippen molar-refractivity contribution in [2.45, 2.75) is 20.3 Å². The Balaban J connectivity index is 2.11. The zero-order valence-corrected chi connectivity index (χ0v) is 11.8. The summed E-state index contributed by atoms with van der Waals surface area (Å²) in [6.07, 6.45) is 0.772. The number of thiophene rings is 1. The summed E-state index contributed by atoms with van der Waals surface area (Å²) >= 11 is 1.41. The van der Waals surface area contributed by atoms with Crippen LogP contribution in [0.5, 0.6) is 0 Å². The van der Waals surface area contributed by atoms with Gasteiger partial charge in [-0.05, 0) is 30.4 Å². The summed E-state index contributed by atoms with van der Waals surface area (Å²) in [5.41, 5.74) is 5.74. The van der Waals surface area contributed by atoms with Crippen LogP contribution in [0.2, 0.25) is 0 Å². The van der Waals surface area contributed by atoms with E-state index < -0.39 is 0 Å². The smallest absolute Gasteiger partial charge is 0.266 e. The normalized spacial score (nSPS) is 11.4. The maximum Gasteiger partial charge on any atom is 0.281 e. The molecule has 0 atom stereocenters. The van der Waals surface area contributed by atoms with Crippen molar-refractivity contribution in [3.8, 4) is 0 Å². The average Bonchev–Trinajstić information content (AvgIpc) is 2.95. The first-order chi connectivity index (χ1) is 9.20. The Kier molecular flexibility index (Phi) is 4.47. The standard InChI is InChI=1S/C15H16N2OS/c1-3-13(12-8-6-11(2)7-9-12)16-17-15(18)14-5-4-10-19-14/h4-10H,3H2,1-2H3,(H,17,18)/b16-13+. The van der Waals surface area contributed by atoms with Crippen LogP contribution in [0.15, 0.2) is 46.9 Å². The van der Waals surface area contributed by atoms with Gasteiger partial charge in [-0.1, -0.05) is 42.8 Å². The molecular formula is C15H16N2OS. The van der Waals surface area contributed by atoms with E-state index >= 15 is 0 Å². The zero-order chi connectivity index (χ0) is 13.7. The second-order valence-corrected chi connectivity index (χ2v) is 5.14. The topological polar surface area (TPSA) is 41.5 Å². The fourth-order valence-corrected chi connectivity index (χ4v) is 2.29. The van der Waals surface area contributed by atoms with Crippen molar-refractivity contribution >= 4 is 23.0 Å². The summed E-state index contributed by atoms with van der Waals surface area (Å²) in [6.45, 7) is 4.07. The predicted octanol–water partition coefficient (Wildman–Crippen LogP) is 3.60. The summed E-state index contributed by atoms with van der Waals surface area (Å²) < 4.78 is 0. The summed E-state index contributed by atoms with van der Waals surface area (Å²) in [5, 5.41) is 6.10. The van der Waals surface area contributed by atoms with Crippen molar-refractivity contribution in [2.24, 2.45) is 5.10 Å². The molecule has 3 nitrogen and oxygen atoms in total. The lowest BCUT2D eigenvalue weighted by Crippen LogP contribution is -2.18. The SMILES string of the molecule is CC/C(=N\NC(=O)c1cccs1)c1ccc(C)cc1. The van der Waals surface area contributed by atoms with Gasteiger partial charge in [0.2, 0.25) is 0 Å². The number of hydrogen-bond donors (Lipinski definition) is 1. The Labute approximate surface area is 117 Å². The number of aryl methyl sites for hydroxylation is 1. The van der Waals surface area contributed by atoms with Crippen LogP contribution in [0.1, 0.15) is 34.1 Å². The molecule has 0 spiro atoms. The van der Waals surface area contributed by atoms with Crippen molar-refractivity contribution in [3.63, 3.8) is 0 Å². The summed E-state index contributed by atoms with van der Waals surface area (Å²) in [6, 6.07) is 11.8. The van der Waals surface area contributed by atoms with E-state index in [-0.39, 0.29) is 5.91 Å². The number of carbonyl (C=O) groups excluding carboxylic acids is 1. The number of nitrogens with zero attached hydrogens (tertiary/aromatic N) is 1. The minimum absolute atomic E-state index is 0.159. The highest BCUT2D eigenvalue weighted by molar-refractivity contribution is 7.12. The molecule has 98 valence electrons. The number of amides is 1. The lowest BCUT2D eigenvalue weighted by Gasteiger charge is -2.05. The molecule has 0 aliphatic heterocycles. The van der Waals surface area contributed by atoms with E-state index in [4.69, 9.17) is 0 Å². The molecular weight excluding hydrogens is 256 g/mol. The second-order valence-electron chi connectivity index (χ2n) is 4.20. The Morgan fingerprint density at radius 3 is 2.58 bits per heavy atom. The fraction of sp³-hybridized carbons (Fsp3) is 0.200. The van der Waals surface area contributed by atoms with Gasteiger partial charge < -0.3 is 0 Å². The second kappa shape index (κ2) is 6.29. The monoisotopic (exact) mass is 272 g/mol. The molecule has 0 saturated carbocycles. The first-order valence-electron chi connectivity index (χ1n) is 6.18. The average molecular weight is 272 g/mol. The molecule has 1 aromatic heterocycles. The van der Waals surface area contributed by atoms with Crippen molar-refractivity contribution in [2.75, 3.05) is 0 Å². The van der Waals surface area contributed by atoms with E-state index in [1.165, 1.54) is 16.9 Å².